The van der Waals surface area contributed by atoms with E-state index in [0.29, 0.717) is 12.4 Å². The smallest absolute Gasteiger partial charge is 0.292 e. The highest BCUT2D eigenvalue weighted by Gasteiger charge is 2.00. The molecule has 0 bridgehead atoms. The van der Waals surface area contributed by atoms with Crippen molar-refractivity contribution in [3.63, 3.8) is 0 Å². The van der Waals surface area contributed by atoms with Gasteiger partial charge in [-0.15, -0.1) is 6.58 Å². The van der Waals surface area contributed by atoms with Crippen molar-refractivity contribution >= 4 is 0 Å². The largest absolute Gasteiger partial charge is 0.488 e. The standard InChI is InChI=1S/C12H17NO2/c1-10(2)6-5-9-15-11-7-4-8-13(3)12(11)14/h4,7-8H,1,5-6,9H2,2-3H3. The number of nitrogens with zero attached hydrogens (tertiary/aromatic N) is 1. The summed E-state index contributed by atoms with van der Waals surface area (Å²) in [5.74, 6) is 0.418. The topological polar surface area (TPSA) is 31.2 Å². The summed E-state index contributed by atoms with van der Waals surface area (Å²) < 4.78 is 6.90. The van der Waals surface area contributed by atoms with E-state index in [0.717, 1.165) is 18.4 Å². The molecule has 0 radical (unpaired) electrons. The molecule has 0 aromatic carbocycles. The van der Waals surface area contributed by atoms with Gasteiger partial charge in [0, 0.05) is 13.2 Å². The summed E-state index contributed by atoms with van der Waals surface area (Å²) in [5, 5.41) is 0. The summed E-state index contributed by atoms with van der Waals surface area (Å²) in [7, 11) is 1.71. The Hall–Kier alpha value is -1.51. The molecule has 0 atom stereocenters. The first-order chi connectivity index (χ1) is 7.11. The first-order valence-electron chi connectivity index (χ1n) is 5.04. The van der Waals surface area contributed by atoms with Gasteiger partial charge in [0.15, 0.2) is 5.75 Å². The fraction of sp³-hybridized carbons (Fsp3) is 0.417. The van der Waals surface area contributed by atoms with Crippen molar-refractivity contribution in [2.24, 2.45) is 7.05 Å². The zero-order chi connectivity index (χ0) is 11.3. The van der Waals surface area contributed by atoms with E-state index in [1.807, 2.05) is 6.92 Å². The molecule has 0 saturated carbocycles. The second-order valence-corrected chi connectivity index (χ2v) is 3.70. The van der Waals surface area contributed by atoms with Crippen LogP contribution in [0, 0.1) is 0 Å². The molecule has 1 rings (SSSR count). The second-order valence-electron chi connectivity index (χ2n) is 3.70. The average Bonchev–Trinajstić information content (AvgIpc) is 2.18. The molecule has 0 aliphatic heterocycles. The fourth-order valence-electron chi connectivity index (χ4n) is 1.24. The molecular formula is C12H17NO2. The zero-order valence-corrected chi connectivity index (χ0v) is 9.32. The van der Waals surface area contributed by atoms with E-state index in [2.05, 4.69) is 6.58 Å². The van der Waals surface area contributed by atoms with Crippen LogP contribution in [0.1, 0.15) is 19.8 Å². The van der Waals surface area contributed by atoms with E-state index in [1.165, 1.54) is 4.57 Å². The molecule has 0 spiro atoms. The first-order valence-corrected chi connectivity index (χ1v) is 5.04. The van der Waals surface area contributed by atoms with Crippen LogP contribution in [-0.4, -0.2) is 11.2 Å². The van der Waals surface area contributed by atoms with Gasteiger partial charge in [0.1, 0.15) is 0 Å². The summed E-state index contributed by atoms with van der Waals surface area (Å²) in [6.45, 7) is 6.36. The summed E-state index contributed by atoms with van der Waals surface area (Å²) >= 11 is 0. The SMILES string of the molecule is C=C(C)CCCOc1cccn(C)c1=O. The lowest BCUT2D eigenvalue weighted by Crippen LogP contribution is -2.18. The lowest BCUT2D eigenvalue weighted by Gasteiger charge is -2.06. The minimum atomic E-state index is -0.0900. The number of allylic oxidation sites excluding steroid dienone is 1. The number of hydrogen-bond acceptors (Lipinski definition) is 2. The van der Waals surface area contributed by atoms with Crippen molar-refractivity contribution in [1.82, 2.24) is 4.57 Å². The van der Waals surface area contributed by atoms with E-state index >= 15 is 0 Å². The van der Waals surface area contributed by atoms with Gasteiger partial charge in [-0.05, 0) is 31.9 Å². The van der Waals surface area contributed by atoms with Crippen LogP contribution in [-0.2, 0) is 7.05 Å². The van der Waals surface area contributed by atoms with Crippen LogP contribution in [0.4, 0.5) is 0 Å². The molecule has 15 heavy (non-hydrogen) atoms. The van der Waals surface area contributed by atoms with E-state index in [9.17, 15) is 4.79 Å². The number of aryl methyl sites for hydroxylation is 1. The van der Waals surface area contributed by atoms with Gasteiger partial charge in [-0.2, -0.15) is 0 Å². The van der Waals surface area contributed by atoms with E-state index in [1.54, 1.807) is 25.4 Å². The number of hydrogen-bond donors (Lipinski definition) is 0. The van der Waals surface area contributed by atoms with Crippen LogP contribution in [0.3, 0.4) is 0 Å². The third-order valence-corrected chi connectivity index (χ3v) is 2.09. The van der Waals surface area contributed by atoms with Crippen molar-refractivity contribution in [3.05, 3.63) is 40.8 Å². The third-order valence-electron chi connectivity index (χ3n) is 2.09. The van der Waals surface area contributed by atoms with Gasteiger partial charge in [0.25, 0.3) is 5.56 Å². The van der Waals surface area contributed by atoms with Crippen molar-refractivity contribution in [3.8, 4) is 5.75 Å². The highest BCUT2D eigenvalue weighted by Crippen LogP contribution is 2.04. The van der Waals surface area contributed by atoms with Crippen molar-refractivity contribution in [2.45, 2.75) is 19.8 Å². The Morgan fingerprint density at radius 1 is 1.60 bits per heavy atom. The highest BCUT2D eigenvalue weighted by molar-refractivity contribution is 5.16. The number of ether oxygens (including phenoxy) is 1. The summed E-state index contributed by atoms with van der Waals surface area (Å²) in [5.41, 5.74) is 1.05. The molecule has 0 fully saturated rings. The molecule has 3 nitrogen and oxygen atoms in total. The summed E-state index contributed by atoms with van der Waals surface area (Å²) in [4.78, 5) is 11.5. The molecule has 0 amide bonds. The third kappa shape index (κ3) is 3.62. The number of pyridine rings is 1. The molecule has 0 aliphatic rings. The van der Waals surface area contributed by atoms with Crippen LogP contribution in [0.2, 0.25) is 0 Å². The number of rotatable bonds is 5. The van der Waals surface area contributed by atoms with Gasteiger partial charge in [0.05, 0.1) is 6.61 Å². The average molecular weight is 207 g/mol. The van der Waals surface area contributed by atoms with Crippen LogP contribution < -0.4 is 10.3 Å². The first kappa shape index (κ1) is 11.6. The molecule has 0 saturated heterocycles. The molecule has 3 heteroatoms. The van der Waals surface area contributed by atoms with E-state index < -0.39 is 0 Å². The summed E-state index contributed by atoms with van der Waals surface area (Å²) in [6.07, 6.45) is 3.55. The molecule has 0 aliphatic carbocycles. The van der Waals surface area contributed by atoms with Crippen molar-refractivity contribution in [2.75, 3.05) is 6.61 Å². The lowest BCUT2D eigenvalue weighted by atomic mass is 10.2. The minimum absolute atomic E-state index is 0.0900. The lowest BCUT2D eigenvalue weighted by molar-refractivity contribution is 0.305. The maximum atomic E-state index is 11.5. The monoisotopic (exact) mass is 207 g/mol. The van der Waals surface area contributed by atoms with Gasteiger partial charge in [0.2, 0.25) is 0 Å². The Kier molecular flexibility index (Phi) is 4.16. The molecular weight excluding hydrogens is 190 g/mol. The number of aromatic nitrogens is 1. The Morgan fingerprint density at radius 2 is 2.33 bits per heavy atom. The minimum Gasteiger partial charge on any atom is -0.488 e. The predicted molar refractivity (Wildman–Crippen MR) is 61.2 cm³/mol. The van der Waals surface area contributed by atoms with Crippen molar-refractivity contribution < 1.29 is 4.74 Å². The Bertz CT molecular complexity index is 393. The van der Waals surface area contributed by atoms with Crippen molar-refractivity contribution in [1.29, 1.82) is 0 Å². The van der Waals surface area contributed by atoms with Crippen LogP contribution in [0.5, 0.6) is 5.75 Å². The predicted octanol–water partition coefficient (Wildman–Crippen LogP) is 2.12. The van der Waals surface area contributed by atoms with E-state index in [-0.39, 0.29) is 5.56 Å². The van der Waals surface area contributed by atoms with Gasteiger partial charge in [-0.1, -0.05) is 5.57 Å². The van der Waals surface area contributed by atoms with Gasteiger partial charge >= 0.3 is 0 Å². The highest BCUT2D eigenvalue weighted by atomic mass is 16.5. The van der Waals surface area contributed by atoms with E-state index in [4.69, 9.17) is 4.74 Å². The second kappa shape index (κ2) is 5.39. The normalized spacial score (nSPS) is 10.0. The fourth-order valence-corrected chi connectivity index (χ4v) is 1.24. The van der Waals surface area contributed by atoms with Crippen LogP contribution in [0.15, 0.2) is 35.3 Å². The Balaban J connectivity index is 2.48. The molecule has 1 aromatic rings. The maximum absolute atomic E-state index is 11.5. The summed E-state index contributed by atoms with van der Waals surface area (Å²) in [6, 6.07) is 3.50. The zero-order valence-electron chi connectivity index (χ0n) is 9.32. The van der Waals surface area contributed by atoms with Crippen LogP contribution in [0.25, 0.3) is 0 Å². The molecule has 0 N–H and O–H groups in total. The quantitative estimate of drug-likeness (QED) is 0.547. The Morgan fingerprint density at radius 3 is 3.00 bits per heavy atom. The molecule has 1 heterocycles. The molecule has 82 valence electrons. The van der Waals surface area contributed by atoms with Gasteiger partial charge in [-0.25, -0.2) is 0 Å². The molecule has 0 unspecified atom stereocenters. The van der Waals surface area contributed by atoms with Gasteiger partial charge in [-0.3, -0.25) is 4.79 Å². The molecule has 1 aromatic heterocycles. The Labute approximate surface area is 90.0 Å². The van der Waals surface area contributed by atoms with Crippen LogP contribution >= 0.6 is 0 Å². The van der Waals surface area contributed by atoms with Gasteiger partial charge < -0.3 is 9.30 Å². The maximum Gasteiger partial charge on any atom is 0.292 e.